The summed E-state index contributed by atoms with van der Waals surface area (Å²) in [6.07, 6.45) is 1.27. The summed E-state index contributed by atoms with van der Waals surface area (Å²) in [5.74, 6) is -0.165. The molecule has 18 heavy (non-hydrogen) atoms. The van der Waals surface area contributed by atoms with Crippen LogP contribution in [-0.4, -0.2) is 29.4 Å². The Balaban J connectivity index is 1.73. The number of aliphatic hydroxyl groups excluding tert-OH is 1. The third-order valence-corrected chi connectivity index (χ3v) is 4.50. The largest absolute Gasteiger partial charge is 0.374 e. The van der Waals surface area contributed by atoms with Crippen molar-refractivity contribution < 1.29 is 14.6 Å². The minimum atomic E-state index is -0.736. The molecule has 5 atom stereocenters. The van der Waals surface area contributed by atoms with Crippen molar-refractivity contribution in [1.29, 1.82) is 0 Å². The van der Waals surface area contributed by atoms with Crippen LogP contribution in [0.15, 0.2) is 30.3 Å². The Morgan fingerprint density at radius 3 is 2.61 bits per heavy atom. The van der Waals surface area contributed by atoms with Crippen molar-refractivity contribution >= 4 is 11.6 Å². The molecular weight excluding hydrogens is 230 g/mol. The van der Waals surface area contributed by atoms with Crippen molar-refractivity contribution in [3.8, 4) is 0 Å². The number of fused-ring (bicyclic) bond motifs is 5. The molecule has 1 N–H and O–H groups in total. The fourth-order valence-electron chi connectivity index (χ4n) is 3.75. The van der Waals surface area contributed by atoms with Gasteiger partial charge in [-0.1, -0.05) is 18.2 Å². The first-order chi connectivity index (χ1) is 8.77. The van der Waals surface area contributed by atoms with E-state index >= 15 is 0 Å². The molecule has 3 heterocycles. The lowest BCUT2D eigenvalue weighted by atomic mass is 9.81. The summed E-state index contributed by atoms with van der Waals surface area (Å²) in [5.41, 5.74) is 0.781. The minimum absolute atomic E-state index is 0.0194. The monoisotopic (exact) mass is 245 g/mol. The van der Waals surface area contributed by atoms with Gasteiger partial charge in [-0.15, -0.1) is 0 Å². The predicted molar refractivity (Wildman–Crippen MR) is 64.8 cm³/mol. The Bertz CT molecular complexity index is 489. The number of rotatable bonds is 1. The maximum Gasteiger partial charge on any atom is 0.235 e. The zero-order valence-corrected chi connectivity index (χ0v) is 9.90. The van der Waals surface area contributed by atoms with Crippen molar-refractivity contribution in [2.45, 2.75) is 31.3 Å². The number of benzene rings is 1. The molecule has 0 spiro atoms. The van der Waals surface area contributed by atoms with E-state index in [9.17, 15) is 9.90 Å². The van der Waals surface area contributed by atoms with E-state index in [0.717, 1.165) is 18.5 Å². The summed E-state index contributed by atoms with van der Waals surface area (Å²) in [7, 11) is 0. The number of carbonyl (C=O) groups excluding carboxylic acids is 1. The van der Waals surface area contributed by atoms with E-state index < -0.39 is 6.23 Å². The second-order valence-electron chi connectivity index (χ2n) is 5.35. The Morgan fingerprint density at radius 1 is 1.17 bits per heavy atom. The zero-order chi connectivity index (χ0) is 12.3. The minimum Gasteiger partial charge on any atom is -0.374 e. The van der Waals surface area contributed by atoms with Crippen LogP contribution in [-0.2, 0) is 9.53 Å². The number of hydrogen-bond donors (Lipinski definition) is 1. The molecule has 1 aromatic rings. The van der Waals surface area contributed by atoms with Gasteiger partial charge >= 0.3 is 0 Å². The fraction of sp³-hybridized carbons (Fsp3) is 0.500. The average molecular weight is 245 g/mol. The molecule has 4 heteroatoms. The highest BCUT2D eigenvalue weighted by molar-refractivity contribution is 5.98. The van der Waals surface area contributed by atoms with Crippen LogP contribution in [0.4, 0.5) is 5.69 Å². The molecule has 1 aromatic carbocycles. The first-order valence-electron chi connectivity index (χ1n) is 6.49. The molecule has 0 saturated carbocycles. The highest BCUT2D eigenvalue weighted by atomic mass is 16.5. The Labute approximate surface area is 105 Å². The summed E-state index contributed by atoms with van der Waals surface area (Å²) in [4.78, 5) is 14.0. The molecule has 4 nitrogen and oxygen atoms in total. The molecule has 0 radical (unpaired) electrons. The van der Waals surface area contributed by atoms with E-state index in [2.05, 4.69) is 0 Å². The van der Waals surface area contributed by atoms with Crippen molar-refractivity contribution in [1.82, 2.24) is 0 Å². The number of ether oxygens (including phenoxy) is 1. The van der Waals surface area contributed by atoms with E-state index in [-0.39, 0.29) is 30.0 Å². The first kappa shape index (κ1) is 10.5. The molecule has 0 aliphatic carbocycles. The normalized spacial score (nSPS) is 41.5. The maximum absolute atomic E-state index is 12.5. The van der Waals surface area contributed by atoms with Gasteiger partial charge in [-0.2, -0.15) is 0 Å². The summed E-state index contributed by atoms with van der Waals surface area (Å²) in [6.45, 7) is 0. The SMILES string of the molecule is O=C1C2C([C@H]3CC[C@@H]2O3)[C@H](O)N1c1ccccc1. The first-order valence-corrected chi connectivity index (χ1v) is 6.49. The van der Waals surface area contributed by atoms with E-state index in [1.165, 1.54) is 0 Å². The van der Waals surface area contributed by atoms with Gasteiger partial charge in [0.15, 0.2) is 0 Å². The number of para-hydroxylation sites is 1. The molecule has 1 amide bonds. The number of amides is 1. The van der Waals surface area contributed by atoms with Crippen molar-refractivity contribution in [3.05, 3.63) is 30.3 Å². The van der Waals surface area contributed by atoms with Crippen LogP contribution < -0.4 is 4.90 Å². The second kappa shape index (κ2) is 3.56. The Hall–Kier alpha value is -1.39. The molecular formula is C14H15NO3. The van der Waals surface area contributed by atoms with Gasteiger partial charge in [0.2, 0.25) is 5.91 Å². The highest BCUT2D eigenvalue weighted by Crippen LogP contribution is 2.50. The summed E-state index contributed by atoms with van der Waals surface area (Å²) in [6, 6.07) is 9.41. The van der Waals surface area contributed by atoms with E-state index in [1.807, 2.05) is 30.3 Å². The molecule has 3 fully saturated rings. The van der Waals surface area contributed by atoms with Crippen molar-refractivity contribution in [2.24, 2.45) is 11.8 Å². The second-order valence-corrected chi connectivity index (χ2v) is 5.35. The topological polar surface area (TPSA) is 49.8 Å². The van der Waals surface area contributed by atoms with E-state index in [1.54, 1.807) is 4.90 Å². The van der Waals surface area contributed by atoms with Gasteiger partial charge in [0, 0.05) is 11.6 Å². The Morgan fingerprint density at radius 2 is 1.89 bits per heavy atom. The molecule has 3 saturated heterocycles. The van der Waals surface area contributed by atoms with Crippen molar-refractivity contribution in [2.75, 3.05) is 4.90 Å². The molecule has 3 aliphatic rings. The third kappa shape index (κ3) is 1.19. The highest BCUT2D eigenvalue weighted by Gasteiger charge is 2.62. The van der Waals surface area contributed by atoms with Gasteiger partial charge in [-0.3, -0.25) is 9.69 Å². The van der Waals surface area contributed by atoms with Gasteiger partial charge in [0.1, 0.15) is 6.23 Å². The van der Waals surface area contributed by atoms with Crippen LogP contribution in [0.5, 0.6) is 0 Å². The van der Waals surface area contributed by atoms with Crippen LogP contribution in [0.25, 0.3) is 0 Å². The lowest BCUT2D eigenvalue weighted by Crippen LogP contribution is -2.38. The van der Waals surface area contributed by atoms with Gasteiger partial charge in [-0.05, 0) is 25.0 Å². The van der Waals surface area contributed by atoms with Crippen LogP contribution >= 0.6 is 0 Å². The number of nitrogens with zero attached hydrogens (tertiary/aromatic N) is 1. The predicted octanol–water partition coefficient (Wildman–Crippen LogP) is 1.15. The lowest BCUT2D eigenvalue weighted by molar-refractivity contribution is -0.122. The van der Waals surface area contributed by atoms with E-state index in [0.29, 0.717) is 0 Å². The lowest BCUT2D eigenvalue weighted by Gasteiger charge is -2.25. The van der Waals surface area contributed by atoms with Crippen LogP contribution in [0.2, 0.25) is 0 Å². The molecule has 94 valence electrons. The summed E-state index contributed by atoms with van der Waals surface area (Å²) >= 11 is 0. The van der Waals surface area contributed by atoms with Crippen molar-refractivity contribution in [3.63, 3.8) is 0 Å². The molecule has 3 aliphatic heterocycles. The maximum atomic E-state index is 12.5. The zero-order valence-electron chi connectivity index (χ0n) is 9.90. The number of anilines is 1. The average Bonchev–Trinajstić information content (AvgIpc) is 3.05. The van der Waals surface area contributed by atoms with Gasteiger partial charge in [0.25, 0.3) is 0 Å². The van der Waals surface area contributed by atoms with E-state index in [4.69, 9.17) is 4.74 Å². The number of aliphatic hydroxyl groups is 1. The standard InChI is InChI=1S/C14H15NO3/c16-13-11-9-6-7-10(18-9)12(11)14(17)15(13)8-4-2-1-3-5-8/h1-5,9-13,16H,6-7H2/t9-,10+,11?,12?,13+/m1/s1. The van der Waals surface area contributed by atoms with Crippen LogP contribution in [0, 0.1) is 11.8 Å². The van der Waals surface area contributed by atoms with Gasteiger partial charge < -0.3 is 9.84 Å². The fourth-order valence-corrected chi connectivity index (χ4v) is 3.75. The van der Waals surface area contributed by atoms with Crippen LogP contribution in [0.3, 0.4) is 0 Å². The molecule has 0 aromatic heterocycles. The number of carbonyl (C=O) groups is 1. The third-order valence-electron chi connectivity index (χ3n) is 4.50. The summed E-state index contributed by atoms with van der Waals surface area (Å²) < 4.78 is 5.76. The van der Waals surface area contributed by atoms with Gasteiger partial charge in [-0.25, -0.2) is 0 Å². The van der Waals surface area contributed by atoms with Crippen LogP contribution in [0.1, 0.15) is 12.8 Å². The Kier molecular flexibility index (Phi) is 2.08. The molecule has 4 rings (SSSR count). The molecule has 2 unspecified atom stereocenters. The van der Waals surface area contributed by atoms with Gasteiger partial charge in [0.05, 0.1) is 18.1 Å². The summed E-state index contributed by atoms with van der Waals surface area (Å²) in [5, 5.41) is 10.4. The quantitative estimate of drug-likeness (QED) is 0.807. The molecule has 2 bridgehead atoms. The smallest absolute Gasteiger partial charge is 0.235 e. The number of hydrogen-bond acceptors (Lipinski definition) is 3.